The van der Waals surface area contributed by atoms with Gasteiger partial charge in [-0.3, -0.25) is 0 Å². The maximum absolute atomic E-state index is 12.7. The van der Waals surface area contributed by atoms with Crippen molar-refractivity contribution in [3.8, 4) is 0 Å². The van der Waals surface area contributed by atoms with Gasteiger partial charge < -0.3 is 5.11 Å². The third kappa shape index (κ3) is 3.03. The van der Waals surface area contributed by atoms with E-state index in [4.69, 9.17) is 11.6 Å². The topological polar surface area (TPSA) is 54.4 Å². The number of aliphatic hydroxyl groups is 1. The molecule has 0 fully saturated rings. The Bertz CT molecular complexity index is 664. The molecule has 2 aromatic carbocycles. The fourth-order valence-electron chi connectivity index (χ4n) is 2.13. The molecule has 106 valence electrons. The first-order chi connectivity index (χ1) is 9.43. The molecule has 2 rings (SSSR count). The number of hydrogen-bond donors (Lipinski definition) is 1. The second kappa shape index (κ2) is 5.95. The van der Waals surface area contributed by atoms with Gasteiger partial charge in [-0.1, -0.05) is 41.9 Å². The lowest BCUT2D eigenvalue weighted by atomic mass is 10.1. The van der Waals surface area contributed by atoms with Crippen LogP contribution in [0, 0.1) is 0 Å². The molecule has 3 nitrogen and oxygen atoms in total. The third-order valence-corrected chi connectivity index (χ3v) is 5.56. The maximum atomic E-state index is 12.7. The minimum atomic E-state index is -3.66. The van der Waals surface area contributed by atoms with Crippen LogP contribution in [-0.2, 0) is 9.84 Å². The van der Waals surface area contributed by atoms with Gasteiger partial charge in [0.05, 0.1) is 11.0 Å². The van der Waals surface area contributed by atoms with Crippen LogP contribution in [0.2, 0.25) is 5.02 Å². The van der Waals surface area contributed by atoms with Gasteiger partial charge in [0.1, 0.15) is 5.25 Å². The molecule has 5 heteroatoms. The molecular weight excluding hydrogens is 296 g/mol. The number of hydrogen-bond acceptors (Lipinski definition) is 3. The Morgan fingerprint density at radius 1 is 1.00 bits per heavy atom. The molecule has 0 aliphatic carbocycles. The zero-order valence-corrected chi connectivity index (χ0v) is 12.5. The number of halogens is 1. The monoisotopic (exact) mass is 310 g/mol. The first-order valence-electron chi connectivity index (χ1n) is 6.15. The molecule has 0 aromatic heterocycles. The highest BCUT2D eigenvalue weighted by atomic mass is 35.5. The highest BCUT2D eigenvalue weighted by molar-refractivity contribution is 7.91. The summed E-state index contributed by atoms with van der Waals surface area (Å²) in [6.45, 7) is 1.47. The zero-order valence-electron chi connectivity index (χ0n) is 10.9. The molecule has 0 spiro atoms. The Balaban J connectivity index is 2.52. The van der Waals surface area contributed by atoms with E-state index < -0.39 is 21.2 Å². The summed E-state index contributed by atoms with van der Waals surface area (Å²) < 4.78 is 25.3. The lowest BCUT2D eigenvalue weighted by Crippen LogP contribution is -2.24. The Kier molecular flexibility index (Phi) is 4.48. The van der Waals surface area contributed by atoms with Crippen LogP contribution in [0.3, 0.4) is 0 Å². The molecule has 0 saturated heterocycles. The first kappa shape index (κ1) is 15.0. The summed E-state index contributed by atoms with van der Waals surface area (Å²) in [5.74, 6) is 0. The van der Waals surface area contributed by atoms with Gasteiger partial charge in [0.15, 0.2) is 9.84 Å². The minimum Gasteiger partial charge on any atom is -0.392 e. The first-order valence-corrected chi connectivity index (χ1v) is 8.08. The third-order valence-electron chi connectivity index (χ3n) is 3.04. The molecule has 0 heterocycles. The highest BCUT2D eigenvalue weighted by Crippen LogP contribution is 2.32. The normalized spacial score (nSPS) is 14.8. The molecule has 20 heavy (non-hydrogen) atoms. The summed E-state index contributed by atoms with van der Waals surface area (Å²) in [5, 5.41) is 9.43. The SMILES string of the molecule is CC(O)C(c1ccc(Cl)cc1)S(=O)(=O)c1ccccc1. The van der Waals surface area contributed by atoms with E-state index in [1.807, 2.05) is 0 Å². The Labute approximate surface area is 123 Å². The molecule has 2 aromatic rings. The fourth-order valence-corrected chi connectivity index (χ4v) is 4.12. The molecule has 2 atom stereocenters. The molecule has 0 amide bonds. The summed E-state index contributed by atoms with van der Waals surface area (Å²) in [6.07, 6.45) is -1.03. The summed E-state index contributed by atoms with van der Waals surface area (Å²) in [5.41, 5.74) is 0.522. The van der Waals surface area contributed by atoms with Crippen molar-refractivity contribution < 1.29 is 13.5 Å². The van der Waals surface area contributed by atoms with Gasteiger partial charge in [-0.15, -0.1) is 0 Å². The highest BCUT2D eigenvalue weighted by Gasteiger charge is 2.32. The van der Waals surface area contributed by atoms with Crippen molar-refractivity contribution in [2.75, 3.05) is 0 Å². The van der Waals surface area contributed by atoms with Crippen molar-refractivity contribution >= 4 is 21.4 Å². The van der Waals surface area contributed by atoms with Crippen LogP contribution in [0.15, 0.2) is 59.5 Å². The number of rotatable bonds is 4. The lowest BCUT2D eigenvalue weighted by molar-refractivity contribution is 0.188. The maximum Gasteiger partial charge on any atom is 0.187 e. The van der Waals surface area contributed by atoms with Crippen molar-refractivity contribution in [3.63, 3.8) is 0 Å². The summed E-state index contributed by atoms with van der Waals surface area (Å²) >= 11 is 5.82. The average Bonchev–Trinajstić information content (AvgIpc) is 2.41. The standard InChI is InChI=1S/C15H15ClO3S/c1-11(17)15(12-7-9-13(16)10-8-12)20(18,19)14-5-3-2-4-6-14/h2-11,15,17H,1H3. The van der Waals surface area contributed by atoms with Crippen LogP contribution in [-0.4, -0.2) is 19.6 Å². The van der Waals surface area contributed by atoms with E-state index in [0.29, 0.717) is 10.6 Å². The van der Waals surface area contributed by atoms with Crippen LogP contribution >= 0.6 is 11.6 Å². The van der Waals surface area contributed by atoms with Crippen LogP contribution in [0.1, 0.15) is 17.7 Å². The minimum absolute atomic E-state index is 0.195. The molecule has 0 bridgehead atoms. The Hall–Kier alpha value is -1.36. The van der Waals surface area contributed by atoms with Gasteiger partial charge in [0.2, 0.25) is 0 Å². The molecular formula is C15H15ClO3S. The average molecular weight is 311 g/mol. The predicted molar refractivity (Wildman–Crippen MR) is 79.5 cm³/mol. The predicted octanol–water partition coefficient (Wildman–Crippen LogP) is 3.24. The molecule has 1 N–H and O–H groups in total. The quantitative estimate of drug-likeness (QED) is 0.943. The van der Waals surface area contributed by atoms with Gasteiger partial charge in [-0.05, 0) is 36.8 Å². The fraction of sp³-hybridized carbons (Fsp3) is 0.200. The smallest absolute Gasteiger partial charge is 0.187 e. The second-order valence-electron chi connectivity index (χ2n) is 4.57. The van der Waals surface area contributed by atoms with Crippen molar-refractivity contribution in [1.29, 1.82) is 0 Å². The van der Waals surface area contributed by atoms with Gasteiger partial charge in [0.25, 0.3) is 0 Å². The van der Waals surface area contributed by atoms with E-state index in [9.17, 15) is 13.5 Å². The van der Waals surface area contributed by atoms with Crippen LogP contribution < -0.4 is 0 Å². The number of benzene rings is 2. The molecule has 0 aliphatic heterocycles. The van der Waals surface area contributed by atoms with Crippen LogP contribution in [0.4, 0.5) is 0 Å². The molecule has 0 saturated carbocycles. The van der Waals surface area contributed by atoms with Crippen molar-refractivity contribution in [3.05, 3.63) is 65.2 Å². The zero-order chi connectivity index (χ0) is 14.8. The Morgan fingerprint density at radius 2 is 1.55 bits per heavy atom. The van der Waals surface area contributed by atoms with Gasteiger partial charge in [-0.25, -0.2) is 8.42 Å². The van der Waals surface area contributed by atoms with Gasteiger partial charge in [-0.2, -0.15) is 0 Å². The van der Waals surface area contributed by atoms with Crippen molar-refractivity contribution in [2.45, 2.75) is 23.2 Å². The van der Waals surface area contributed by atoms with E-state index in [1.54, 1.807) is 42.5 Å². The van der Waals surface area contributed by atoms with E-state index in [2.05, 4.69) is 0 Å². The van der Waals surface area contributed by atoms with E-state index in [1.165, 1.54) is 19.1 Å². The number of sulfone groups is 1. The van der Waals surface area contributed by atoms with Crippen LogP contribution in [0.25, 0.3) is 0 Å². The Morgan fingerprint density at radius 3 is 2.05 bits per heavy atom. The second-order valence-corrected chi connectivity index (χ2v) is 7.08. The van der Waals surface area contributed by atoms with E-state index in [-0.39, 0.29) is 4.90 Å². The van der Waals surface area contributed by atoms with Crippen molar-refractivity contribution in [1.82, 2.24) is 0 Å². The molecule has 0 aliphatic rings. The summed E-state index contributed by atoms with van der Waals surface area (Å²) in [7, 11) is -3.66. The van der Waals surface area contributed by atoms with E-state index >= 15 is 0 Å². The molecule has 2 unspecified atom stereocenters. The van der Waals surface area contributed by atoms with Crippen LogP contribution in [0.5, 0.6) is 0 Å². The lowest BCUT2D eigenvalue weighted by Gasteiger charge is -2.21. The number of aliphatic hydroxyl groups excluding tert-OH is 1. The van der Waals surface area contributed by atoms with Gasteiger partial charge >= 0.3 is 0 Å². The van der Waals surface area contributed by atoms with E-state index in [0.717, 1.165) is 0 Å². The molecule has 0 radical (unpaired) electrons. The largest absolute Gasteiger partial charge is 0.392 e. The summed E-state index contributed by atoms with van der Waals surface area (Å²) in [4.78, 5) is 0.195. The van der Waals surface area contributed by atoms with Crippen molar-refractivity contribution in [2.24, 2.45) is 0 Å². The van der Waals surface area contributed by atoms with Gasteiger partial charge in [0, 0.05) is 5.02 Å². The summed E-state index contributed by atoms with van der Waals surface area (Å²) in [6, 6.07) is 14.6.